The summed E-state index contributed by atoms with van der Waals surface area (Å²) in [6, 6.07) is -0.627. The monoisotopic (exact) mass is 242 g/mol. The molecule has 0 aliphatic rings. The lowest BCUT2D eigenvalue weighted by Crippen LogP contribution is -2.37. The van der Waals surface area contributed by atoms with Crippen LogP contribution in [-0.2, 0) is 11.8 Å². The average Bonchev–Trinajstić information content (AvgIpc) is 2.58. The summed E-state index contributed by atoms with van der Waals surface area (Å²) in [6.45, 7) is 5.03. The van der Waals surface area contributed by atoms with E-state index in [2.05, 4.69) is 15.5 Å². The van der Waals surface area contributed by atoms with Crippen molar-refractivity contribution in [1.82, 2.24) is 20.1 Å². The zero-order valence-corrected chi connectivity index (χ0v) is 10.5. The third kappa shape index (κ3) is 4.03. The van der Waals surface area contributed by atoms with Crippen LogP contribution in [0.15, 0.2) is 6.33 Å². The fourth-order valence-electron chi connectivity index (χ4n) is 1.25. The normalized spacial score (nSPS) is 13.2. The van der Waals surface area contributed by atoms with E-state index in [0.717, 1.165) is 0 Å². The van der Waals surface area contributed by atoms with Crippen molar-refractivity contribution in [2.24, 2.45) is 7.05 Å². The van der Waals surface area contributed by atoms with Gasteiger partial charge in [0.1, 0.15) is 18.0 Å². The molecule has 0 saturated carbocycles. The fourth-order valence-corrected chi connectivity index (χ4v) is 1.25. The Morgan fingerprint density at radius 2 is 2.29 bits per heavy atom. The van der Waals surface area contributed by atoms with E-state index in [4.69, 9.17) is 4.74 Å². The molecule has 0 saturated heterocycles. The molecule has 1 rings (SSSR count). The number of amides is 1. The third-order valence-electron chi connectivity index (χ3n) is 1.93. The van der Waals surface area contributed by atoms with Gasteiger partial charge in [-0.05, 0) is 20.8 Å². The van der Waals surface area contributed by atoms with Crippen LogP contribution < -0.4 is 5.32 Å². The number of nitrogens with zero attached hydrogens (tertiary/aromatic N) is 3. The first-order valence-corrected chi connectivity index (χ1v) is 5.28. The minimum atomic E-state index is -0.627. The summed E-state index contributed by atoms with van der Waals surface area (Å²) in [5.74, 6) is 0.471. The quantitative estimate of drug-likeness (QED) is 0.799. The zero-order chi connectivity index (χ0) is 13.1. The second kappa shape index (κ2) is 5.13. The Kier molecular flexibility index (Phi) is 4.06. The summed E-state index contributed by atoms with van der Waals surface area (Å²) in [7, 11) is 1.73. The van der Waals surface area contributed by atoms with Crippen LogP contribution in [0.4, 0.5) is 4.79 Å². The number of alkyl carbamates (subject to hydrolysis) is 1. The van der Waals surface area contributed by atoms with Crippen LogP contribution in [0.2, 0.25) is 0 Å². The molecule has 1 heterocycles. The maximum Gasteiger partial charge on any atom is 0.408 e. The minimum absolute atomic E-state index is 0.272. The average molecular weight is 242 g/mol. The molecule has 1 atom stereocenters. The van der Waals surface area contributed by atoms with Crippen molar-refractivity contribution in [3.8, 4) is 0 Å². The zero-order valence-electron chi connectivity index (χ0n) is 10.5. The molecule has 7 nitrogen and oxygen atoms in total. The van der Waals surface area contributed by atoms with Gasteiger partial charge in [-0.2, -0.15) is 0 Å². The molecule has 1 aromatic rings. The van der Waals surface area contributed by atoms with Gasteiger partial charge < -0.3 is 19.7 Å². The molecule has 0 fully saturated rings. The van der Waals surface area contributed by atoms with Gasteiger partial charge in [0.2, 0.25) is 0 Å². The Bertz CT molecular complexity index is 383. The summed E-state index contributed by atoms with van der Waals surface area (Å²) >= 11 is 0. The second-order valence-corrected chi connectivity index (χ2v) is 4.68. The highest BCUT2D eigenvalue weighted by Gasteiger charge is 2.22. The van der Waals surface area contributed by atoms with Gasteiger partial charge in [-0.3, -0.25) is 0 Å². The Morgan fingerprint density at radius 3 is 2.71 bits per heavy atom. The lowest BCUT2D eigenvalue weighted by molar-refractivity contribution is 0.0477. The molecule has 0 radical (unpaired) electrons. The number of aliphatic hydroxyl groups is 1. The molecule has 7 heteroatoms. The summed E-state index contributed by atoms with van der Waals surface area (Å²) < 4.78 is 6.71. The highest BCUT2D eigenvalue weighted by atomic mass is 16.6. The summed E-state index contributed by atoms with van der Waals surface area (Å²) in [5, 5.41) is 19.3. The standard InChI is InChI=1S/C10H18N4O3/c1-10(2,3)17-9(16)12-7(5-15)8-13-11-6-14(8)4/h6-7,15H,5H2,1-4H3,(H,12,16). The largest absolute Gasteiger partial charge is 0.444 e. The number of aryl methyl sites for hydroxylation is 1. The number of carbonyl (C=O) groups is 1. The molecule has 0 spiro atoms. The molecular formula is C10H18N4O3. The van der Waals surface area contributed by atoms with Crippen LogP contribution in [0.5, 0.6) is 0 Å². The smallest absolute Gasteiger partial charge is 0.408 e. The van der Waals surface area contributed by atoms with Gasteiger partial charge >= 0.3 is 6.09 Å². The van der Waals surface area contributed by atoms with Crippen LogP contribution in [0.1, 0.15) is 32.6 Å². The van der Waals surface area contributed by atoms with E-state index < -0.39 is 17.7 Å². The molecule has 0 bridgehead atoms. The van der Waals surface area contributed by atoms with Gasteiger partial charge in [0.15, 0.2) is 5.82 Å². The van der Waals surface area contributed by atoms with Crippen molar-refractivity contribution in [3.05, 3.63) is 12.2 Å². The number of nitrogens with one attached hydrogen (secondary N) is 1. The van der Waals surface area contributed by atoms with Gasteiger partial charge in [0, 0.05) is 7.05 Å². The Labute approximate surface area is 99.8 Å². The Hall–Kier alpha value is -1.63. The maximum absolute atomic E-state index is 11.5. The van der Waals surface area contributed by atoms with Crippen molar-refractivity contribution in [1.29, 1.82) is 0 Å². The van der Waals surface area contributed by atoms with Crippen molar-refractivity contribution in [2.75, 3.05) is 6.61 Å². The van der Waals surface area contributed by atoms with E-state index in [0.29, 0.717) is 5.82 Å². The van der Waals surface area contributed by atoms with Crippen molar-refractivity contribution in [3.63, 3.8) is 0 Å². The summed E-state index contributed by atoms with van der Waals surface area (Å²) in [4.78, 5) is 11.5. The molecule has 0 aliphatic carbocycles. The van der Waals surface area contributed by atoms with Crippen LogP contribution in [-0.4, -0.2) is 38.2 Å². The second-order valence-electron chi connectivity index (χ2n) is 4.68. The van der Waals surface area contributed by atoms with Crippen LogP contribution in [0.25, 0.3) is 0 Å². The van der Waals surface area contributed by atoms with E-state index in [-0.39, 0.29) is 6.61 Å². The molecule has 1 aromatic heterocycles. The number of hydrogen-bond acceptors (Lipinski definition) is 5. The van der Waals surface area contributed by atoms with Crippen molar-refractivity contribution < 1.29 is 14.6 Å². The highest BCUT2D eigenvalue weighted by molar-refractivity contribution is 5.68. The third-order valence-corrected chi connectivity index (χ3v) is 1.93. The van der Waals surface area contributed by atoms with Crippen LogP contribution >= 0.6 is 0 Å². The SMILES string of the molecule is Cn1cnnc1C(CO)NC(=O)OC(C)(C)C. The summed E-state index contributed by atoms with van der Waals surface area (Å²) in [6.07, 6.45) is 0.897. The molecule has 0 aromatic carbocycles. The highest BCUT2D eigenvalue weighted by Crippen LogP contribution is 2.11. The topological polar surface area (TPSA) is 89.3 Å². The first-order valence-electron chi connectivity index (χ1n) is 5.28. The van der Waals surface area contributed by atoms with Crippen LogP contribution in [0.3, 0.4) is 0 Å². The number of aliphatic hydroxyl groups excluding tert-OH is 1. The van der Waals surface area contributed by atoms with E-state index in [9.17, 15) is 9.90 Å². The lowest BCUT2D eigenvalue weighted by Gasteiger charge is -2.22. The molecule has 2 N–H and O–H groups in total. The van der Waals surface area contributed by atoms with Crippen LogP contribution in [0, 0.1) is 0 Å². The number of hydrogen-bond donors (Lipinski definition) is 2. The maximum atomic E-state index is 11.5. The lowest BCUT2D eigenvalue weighted by atomic mass is 10.2. The van der Waals surface area contributed by atoms with E-state index >= 15 is 0 Å². The fraction of sp³-hybridized carbons (Fsp3) is 0.700. The van der Waals surface area contributed by atoms with Crippen molar-refractivity contribution >= 4 is 6.09 Å². The minimum Gasteiger partial charge on any atom is -0.444 e. The first-order chi connectivity index (χ1) is 7.83. The van der Waals surface area contributed by atoms with E-state index in [1.54, 1.807) is 32.4 Å². The first kappa shape index (κ1) is 13.4. The van der Waals surface area contributed by atoms with Crippen molar-refractivity contribution in [2.45, 2.75) is 32.4 Å². The van der Waals surface area contributed by atoms with E-state index in [1.807, 2.05) is 0 Å². The number of rotatable bonds is 3. The number of ether oxygens (including phenoxy) is 1. The van der Waals surface area contributed by atoms with Gasteiger partial charge in [-0.1, -0.05) is 0 Å². The van der Waals surface area contributed by atoms with Gasteiger partial charge in [0.25, 0.3) is 0 Å². The summed E-state index contributed by atoms with van der Waals surface area (Å²) in [5.41, 5.74) is -0.579. The molecule has 17 heavy (non-hydrogen) atoms. The predicted octanol–water partition coefficient (Wildman–Crippen LogP) is 0.373. The molecule has 96 valence electrons. The van der Waals surface area contributed by atoms with Gasteiger partial charge in [-0.15, -0.1) is 10.2 Å². The molecule has 1 unspecified atom stereocenters. The van der Waals surface area contributed by atoms with Gasteiger partial charge in [0.05, 0.1) is 6.61 Å². The Morgan fingerprint density at radius 1 is 1.65 bits per heavy atom. The molecule has 1 amide bonds. The number of aromatic nitrogens is 3. The predicted molar refractivity (Wildman–Crippen MR) is 60.2 cm³/mol. The molecule has 0 aliphatic heterocycles. The molecular weight excluding hydrogens is 224 g/mol. The Balaban J connectivity index is 2.66. The van der Waals surface area contributed by atoms with Gasteiger partial charge in [-0.25, -0.2) is 4.79 Å². The van der Waals surface area contributed by atoms with E-state index in [1.165, 1.54) is 6.33 Å². The number of carbonyl (C=O) groups excluding carboxylic acids is 1.